The third-order valence-corrected chi connectivity index (χ3v) is 7.92. The Morgan fingerprint density at radius 3 is 2.65 bits per heavy atom. The van der Waals surface area contributed by atoms with Gasteiger partial charge in [0.2, 0.25) is 11.8 Å². The van der Waals surface area contributed by atoms with Crippen molar-refractivity contribution in [1.29, 1.82) is 0 Å². The summed E-state index contributed by atoms with van der Waals surface area (Å²) >= 11 is 5.87. The summed E-state index contributed by atoms with van der Waals surface area (Å²) in [4.78, 5) is 57.5. The first-order chi connectivity index (χ1) is 20.6. The minimum absolute atomic E-state index is 0.0279. The molecule has 9 nitrogen and oxygen atoms in total. The van der Waals surface area contributed by atoms with Gasteiger partial charge in [0.15, 0.2) is 5.82 Å². The molecule has 0 aliphatic carbocycles. The van der Waals surface area contributed by atoms with E-state index in [2.05, 4.69) is 20.4 Å². The Balaban J connectivity index is 1.55. The zero-order valence-corrected chi connectivity index (χ0v) is 24.0. The molecule has 3 heterocycles. The van der Waals surface area contributed by atoms with Gasteiger partial charge in [0.05, 0.1) is 41.0 Å². The first-order valence-corrected chi connectivity index (χ1v) is 13.9. The Bertz CT molecular complexity index is 1680. The summed E-state index contributed by atoms with van der Waals surface area (Å²) in [6.45, 7) is 1.61. The third kappa shape index (κ3) is 6.12. The molecule has 1 aromatic heterocycles. The predicted octanol–water partition coefficient (Wildman–Crippen LogP) is 6.15. The average molecular weight is 609 g/mol. The van der Waals surface area contributed by atoms with Crippen LogP contribution in [0.15, 0.2) is 54.7 Å². The van der Waals surface area contributed by atoms with Crippen molar-refractivity contribution in [2.45, 2.75) is 32.2 Å². The van der Waals surface area contributed by atoms with Crippen molar-refractivity contribution in [3.05, 3.63) is 82.7 Å². The van der Waals surface area contributed by atoms with E-state index < -0.39 is 41.5 Å². The molecule has 0 spiro atoms. The number of ketones is 1. The lowest BCUT2D eigenvalue weighted by molar-refractivity contribution is -0.133. The van der Waals surface area contributed by atoms with Gasteiger partial charge >= 0.3 is 6.09 Å². The molecule has 2 aliphatic rings. The van der Waals surface area contributed by atoms with Crippen molar-refractivity contribution in [3.8, 4) is 11.1 Å². The summed E-state index contributed by atoms with van der Waals surface area (Å²) in [5, 5.41) is 5.10. The van der Waals surface area contributed by atoms with E-state index in [0.29, 0.717) is 28.2 Å². The highest BCUT2D eigenvalue weighted by Crippen LogP contribution is 2.37. The fourth-order valence-electron chi connectivity index (χ4n) is 5.27. The Morgan fingerprint density at radius 2 is 1.91 bits per heavy atom. The quantitative estimate of drug-likeness (QED) is 0.272. The van der Waals surface area contributed by atoms with E-state index in [-0.39, 0.29) is 47.7 Å². The van der Waals surface area contributed by atoms with Gasteiger partial charge in [0, 0.05) is 36.5 Å². The summed E-state index contributed by atoms with van der Waals surface area (Å²) < 4.78 is 33.9. The van der Waals surface area contributed by atoms with Crippen LogP contribution in [-0.2, 0) is 19.1 Å². The average Bonchev–Trinajstić information content (AvgIpc) is 2.99. The van der Waals surface area contributed by atoms with Crippen LogP contribution in [0, 0.1) is 17.6 Å². The number of methoxy groups -OCH3 is 1. The topological polar surface area (TPSA) is 118 Å². The van der Waals surface area contributed by atoms with Gasteiger partial charge < -0.3 is 15.0 Å². The third-order valence-electron chi connectivity index (χ3n) is 7.63. The van der Waals surface area contributed by atoms with Crippen LogP contribution in [0.4, 0.5) is 25.0 Å². The molecular formula is C31H27ClF2N4O5. The van der Waals surface area contributed by atoms with Gasteiger partial charge in [-0.2, -0.15) is 0 Å². The molecular weight excluding hydrogens is 582 g/mol. The second kappa shape index (κ2) is 12.3. The van der Waals surface area contributed by atoms with E-state index in [1.165, 1.54) is 25.0 Å². The maximum atomic E-state index is 14.7. The van der Waals surface area contributed by atoms with Crippen molar-refractivity contribution in [2.75, 3.05) is 24.3 Å². The van der Waals surface area contributed by atoms with Crippen molar-refractivity contribution in [3.63, 3.8) is 0 Å². The minimum Gasteiger partial charge on any atom is -0.453 e. The predicted molar refractivity (Wildman–Crippen MR) is 156 cm³/mol. The summed E-state index contributed by atoms with van der Waals surface area (Å²) in [5.41, 5.74) is 2.30. The number of nitrogens with zero attached hydrogens (tertiary/aromatic N) is 2. The SMILES string of the molecule is COC(=O)Nc1ccc2c(c1)NC(=O)C(C)C(=O)CCC(N1CCC(c3c(F)ccc(Cl)c3F)=CC1=O)c1cc-2ccn1. The van der Waals surface area contributed by atoms with Gasteiger partial charge in [-0.3, -0.25) is 24.7 Å². The molecule has 3 aromatic rings. The molecule has 2 aromatic carbocycles. The van der Waals surface area contributed by atoms with Gasteiger partial charge in [-0.05, 0) is 67.3 Å². The summed E-state index contributed by atoms with van der Waals surface area (Å²) in [6, 6.07) is 9.89. The van der Waals surface area contributed by atoms with E-state index in [1.807, 2.05) is 0 Å². The summed E-state index contributed by atoms with van der Waals surface area (Å²) in [5.74, 6) is -4.13. The van der Waals surface area contributed by atoms with Crippen molar-refractivity contribution in [2.24, 2.45) is 5.92 Å². The Hall–Kier alpha value is -4.64. The first kappa shape index (κ1) is 29.8. The standard InChI is InChI=1S/C31H27ClF2N4O5/c1-16-26(39)8-7-25(38-12-10-18(14-27(38)40)28-22(33)6-5-21(32)29(28)34)24-13-17(9-11-35-24)20-4-3-19(36-31(42)43-2)15-23(20)37-30(16)41/h3-6,9,11,13-16,25H,7-8,10,12H2,1-2H3,(H,36,42)(H,37,41). The van der Waals surface area contributed by atoms with Crippen LogP contribution < -0.4 is 10.6 Å². The maximum Gasteiger partial charge on any atom is 0.411 e. The number of ether oxygens (including phenoxy) is 1. The first-order valence-electron chi connectivity index (χ1n) is 13.5. The van der Waals surface area contributed by atoms with Crippen LogP contribution in [0.25, 0.3) is 16.7 Å². The number of rotatable bonds is 3. The number of nitrogens with one attached hydrogen (secondary N) is 2. The molecule has 2 aliphatic heterocycles. The van der Waals surface area contributed by atoms with E-state index >= 15 is 0 Å². The number of carbonyl (C=O) groups excluding carboxylic acids is 4. The zero-order chi connectivity index (χ0) is 30.8. The summed E-state index contributed by atoms with van der Waals surface area (Å²) in [7, 11) is 1.23. The molecule has 222 valence electrons. The van der Waals surface area contributed by atoms with Crippen LogP contribution in [0.5, 0.6) is 0 Å². The number of benzene rings is 2. The van der Waals surface area contributed by atoms with E-state index in [0.717, 1.165) is 12.1 Å². The largest absolute Gasteiger partial charge is 0.453 e. The van der Waals surface area contributed by atoms with Gasteiger partial charge in [-0.1, -0.05) is 17.7 Å². The Morgan fingerprint density at radius 1 is 1.12 bits per heavy atom. The molecule has 5 rings (SSSR count). The van der Waals surface area contributed by atoms with Crippen LogP contribution in [-0.4, -0.2) is 47.2 Å². The number of Topliss-reactive ketones (excluding diaryl/α,β-unsaturated/α-hetero) is 1. The van der Waals surface area contributed by atoms with Crippen LogP contribution in [0.3, 0.4) is 0 Å². The molecule has 0 radical (unpaired) electrons. The van der Waals surface area contributed by atoms with Gasteiger partial charge in [-0.25, -0.2) is 13.6 Å². The molecule has 2 bridgehead atoms. The number of amides is 3. The highest BCUT2D eigenvalue weighted by Gasteiger charge is 2.33. The molecule has 2 atom stereocenters. The van der Waals surface area contributed by atoms with E-state index in [9.17, 15) is 28.0 Å². The maximum absolute atomic E-state index is 14.7. The zero-order valence-electron chi connectivity index (χ0n) is 23.2. The number of anilines is 2. The number of aromatic nitrogens is 1. The van der Waals surface area contributed by atoms with Crippen LogP contribution >= 0.6 is 11.6 Å². The highest BCUT2D eigenvalue weighted by molar-refractivity contribution is 6.31. The number of hydrogen-bond donors (Lipinski definition) is 2. The summed E-state index contributed by atoms with van der Waals surface area (Å²) in [6.07, 6.45) is 2.34. The van der Waals surface area contributed by atoms with Crippen molar-refractivity contribution < 1.29 is 32.7 Å². The number of halogens is 3. The van der Waals surface area contributed by atoms with Gasteiger partial charge in [0.25, 0.3) is 0 Å². The Kier molecular flexibility index (Phi) is 8.54. The molecule has 2 unspecified atom stereocenters. The minimum atomic E-state index is -1.01. The molecule has 0 saturated carbocycles. The molecule has 43 heavy (non-hydrogen) atoms. The number of pyridine rings is 1. The highest BCUT2D eigenvalue weighted by atomic mass is 35.5. The van der Waals surface area contributed by atoms with Gasteiger partial charge in [0.1, 0.15) is 11.6 Å². The second-order valence-corrected chi connectivity index (χ2v) is 10.7. The molecule has 12 heteroatoms. The molecule has 2 N–H and O–H groups in total. The van der Waals surface area contributed by atoms with E-state index in [1.54, 1.807) is 36.5 Å². The lowest BCUT2D eigenvalue weighted by Crippen LogP contribution is -2.38. The molecule has 3 amide bonds. The van der Waals surface area contributed by atoms with Crippen molar-refractivity contribution >= 4 is 52.2 Å². The second-order valence-electron chi connectivity index (χ2n) is 10.2. The fourth-order valence-corrected chi connectivity index (χ4v) is 5.43. The lowest BCUT2D eigenvalue weighted by atomic mass is 9.92. The van der Waals surface area contributed by atoms with Crippen molar-refractivity contribution in [1.82, 2.24) is 9.88 Å². The van der Waals surface area contributed by atoms with E-state index in [4.69, 9.17) is 11.6 Å². The number of carbonyl (C=O) groups is 4. The monoisotopic (exact) mass is 608 g/mol. The smallest absolute Gasteiger partial charge is 0.411 e. The number of hydrogen-bond acceptors (Lipinski definition) is 6. The molecule has 0 fully saturated rings. The van der Waals surface area contributed by atoms with Crippen LogP contribution in [0.1, 0.15) is 43.5 Å². The van der Waals surface area contributed by atoms with Gasteiger partial charge in [-0.15, -0.1) is 0 Å². The molecule has 0 saturated heterocycles. The Labute approximate surface area is 250 Å². The lowest BCUT2D eigenvalue weighted by Gasteiger charge is -2.34. The van der Waals surface area contributed by atoms with Crippen LogP contribution in [0.2, 0.25) is 5.02 Å². The fraction of sp³-hybridized carbons (Fsp3) is 0.258. The number of fused-ring (bicyclic) bond motifs is 4. The normalized spacial score (nSPS) is 19.0.